The number of carbonyl (C=O) groups is 1. The first-order chi connectivity index (χ1) is 10.1. The Hall–Kier alpha value is -2.14. The Balaban J connectivity index is 1.61. The maximum absolute atomic E-state index is 13.5. The molecule has 5 heteroatoms. The Morgan fingerprint density at radius 1 is 1.38 bits per heavy atom. The maximum Gasteiger partial charge on any atom is 0.244 e. The number of carbonyl (C=O) groups excluding carboxylic acids is 1. The van der Waals surface area contributed by atoms with E-state index in [9.17, 15) is 9.18 Å². The summed E-state index contributed by atoms with van der Waals surface area (Å²) in [6.07, 6.45) is 6.09. The lowest BCUT2D eigenvalue weighted by Gasteiger charge is -2.08. The molecule has 1 saturated carbocycles. The predicted molar refractivity (Wildman–Crippen MR) is 79.1 cm³/mol. The van der Waals surface area contributed by atoms with Crippen LogP contribution in [-0.4, -0.2) is 10.5 Å². The van der Waals surface area contributed by atoms with Crippen molar-refractivity contribution in [2.24, 2.45) is 11.7 Å². The molecule has 1 aromatic heterocycles. The van der Waals surface area contributed by atoms with E-state index in [1.807, 2.05) is 18.5 Å². The van der Waals surface area contributed by atoms with Crippen LogP contribution in [0.15, 0.2) is 42.7 Å². The van der Waals surface area contributed by atoms with E-state index in [2.05, 4.69) is 5.32 Å². The molecule has 0 bridgehead atoms. The second kappa shape index (κ2) is 5.69. The minimum Gasteiger partial charge on any atom is -0.345 e. The van der Waals surface area contributed by atoms with Crippen LogP contribution in [-0.2, 0) is 11.3 Å². The van der Waals surface area contributed by atoms with E-state index in [0.29, 0.717) is 5.92 Å². The summed E-state index contributed by atoms with van der Waals surface area (Å²) in [6, 6.07) is 8.12. The highest BCUT2D eigenvalue weighted by Gasteiger charge is 2.29. The Labute approximate surface area is 122 Å². The molecule has 3 rings (SSSR count). The van der Waals surface area contributed by atoms with Crippen LogP contribution in [0.1, 0.15) is 24.4 Å². The molecule has 1 atom stereocenters. The van der Waals surface area contributed by atoms with Gasteiger partial charge in [0, 0.05) is 18.4 Å². The number of nitrogens with two attached hydrogens (primary N) is 1. The molecule has 1 unspecified atom stereocenters. The van der Waals surface area contributed by atoms with E-state index >= 15 is 0 Å². The molecule has 4 nitrogen and oxygen atoms in total. The third-order valence-corrected chi connectivity index (χ3v) is 3.76. The number of nitrogens with zero attached hydrogens (tertiary/aromatic N) is 1. The van der Waals surface area contributed by atoms with Crippen LogP contribution in [0.4, 0.5) is 10.1 Å². The number of hydrogen-bond donors (Lipinski definition) is 2. The van der Waals surface area contributed by atoms with Crippen molar-refractivity contribution >= 4 is 11.6 Å². The monoisotopic (exact) mass is 287 g/mol. The van der Waals surface area contributed by atoms with E-state index in [1.54, 1.807) is 16.7 Å². The molecule has 0 radical (unpaired) electrons. The topological polar surface area (TPSA) is 60.0 Å². The van der Waals surface area contributed by atoms with Gasteiger partial charge in [0.15, 0.2) is 0 Å². The Kier molecular flexibility index (Phi) is 3.75. The van der Waals surface area contributed by atoms with Gasteiger partial charge in [0.25, 0.3) is 0 Å². The summed E-state index contributed by atoms with van der Waals surface area (Å²) in [5, 5.41) is 2.57. The van der Waals surface area contributed by atoms with Gasteiger partial charge >= 0.3 is 0 Å². The van der Waals surface area contributed by atoms with Crippen molar-refractivity contribution in [2.75, 3.05) is 5.32 Å². The zero-order valence-corrected chi connectivity index (χ0v) is 11.6. The molecule has 1 aliphatic carbocycles. The highest BCUT2D eigenvalue weighted by molar-refractivity contribution is 5.90. The minimum atomic E-state index is -0.435. The van der Waals surface area contributed by atoms with Crippen LogP contribution in [0.3, 0.4) is 0 Å². The third kappa shape index (κ3) is 3.31. The Morgan fingerprint density at radius 2 is 2.14 bits per heavy atom. The van der Waals surface area contributed by atoms with Crippen molar-refractivity contribution in [3.05, 3.63) is 54.1 Å². The van der Waals surface area contributed by atoms with Crippen LogP contribution in [0.5, 0.6) is 0 Å². The number of benzene rings is 1. The number of halogens is 1. The molecule has 1 amide bonds. The lowest BCUT2D eigenvalue weighted by atomic mass is 10.1. The summed E-state index contributed by atoms with van der Waals surface area (Å²) in [7, 11) is 0. The van der Waals surface area contributed by atoms with E-state index in [1.165, 1.54) is 25.0 Å². The van der Waals surface area contributed by atoms with Gasteiger partial charge in [-0.25, -0.2) is 4.39 Å². The smallest absolute Gasteiger partial charge is 0.244 e. The van der Waals surface area contributed by atoms with E-state index < -0.39 is 5.82 Å². The van der Waals surface area contributed by atoms with Gasteiger partial charge in [0.2, 0.25) is 5.91 Å². The number of para-hydroxylation sites is 1. The zero-order chi connectivity index (χ0) is 14.8. The number of hydrogen-bond acceptors (Lipinski definition) is 2. The Morgan fingerprint density at radius 3 is 2.86 bits per heavy atom. The van der Waals surface area contributed by atoms with Gasteiger partial charge in [-0.1, -0.05) is 12.1 Å². The molecular formula is C16H18FN3O. The average Bonchev–Trinajstić information content (AvgIpc) is 3.21. The average molecular weight is 287 g/mol. The summed E-state index contributed by atoms with van der Waals surface area (Å²) >= 11 is 0. The molecule has 1 fully saturated rings. The molecule has 2 aromatic rings. The zero-order valence-electron chi connectivity index (χ0n) is 11.6. The fourth-order valence-electron chi connectivity index (χ4n) is 2.40. The summed E-state index contributed by atoms with van der Waals surface area (Å²) in [5.74, 6) is -0.120. The molecule has 0 saturated heterocycles. The van der Waals surface area contributed by atoms with Gasteiger partial charge in [-0.15, -0.1) is 0 Å². The van der Waals surface area contributed by atoms with E-state index in [-0.39, 0.29) is 24.2 Å². The van der Waals surface area contributed by atoms with Gasteiger partial charge in [-0.3, -0.25) is 4.79 Å². The predicted octanol–water partition coefficient (Wildman–Crippen LogP) is 2.68. The molecule has 3 N–H and O–H groups in total. The maximum atomic E-state index is 13.5. The molecule has 21 heavy (non-hydrogen) atoms. The summed E-state index contributed by atoms with van der Waals surface area (Å²) in [5.41, 5.74) is 7.38. The summed E-state index contributed by atoms with van der Waals surface area (Å²) < 4.78 is 15.2. The lowest BCUT2D eigenvalue weighted by Crippen LogP contribution is -2.18. The van der Waals surface area contributed by atoms with Crippen molar-refractivity contribution in [1.82, 2.24) is 4.57 Å². The first kappa shape index (κ1) is 13.8. The van der Waals surface area contributed by atoms with Gasteiger partial charge in [0.1, 0.15) is 12.4 Å². The SMILES string of the molecule is NC(c1ccn(CC(=O)Nc2ccccc2F)c1)C1CC1. The number of nitrogens with one attached hydrogen (secondary N) is 1. The van der Waals surface area contributed by atoms with Crippen molar-refractivity contribution in [3.8, 4) is 0 Å². The van der Waals surface area contributed by atoms with Crippen molar-refractivity contribution in [1.29, 1.82) is 0 Å². The number of rotatable bonds is 5. The van der Waals surface area contributed by atoms with Gasteiger partial charge < -0.3 is 15.6 Å². The number of aromatic nitrogens is 1. The molecule has 1 aliphatic rings. The first-order valence-corrected chi connectivity index (χ1v) is 7.09. The highest BCUT2D eigenvalue weighted by Crippen LogP contribution is 2.39. The van der Waals surface area contributed by atoms with Gasteiger partial charge in [0.05, 0.1) is 5.69 Å². The first-order valence-electron chi connectivity index (χ1n) is 7.09. The van der Waals surface area contributed by atoms with Crippen LogP contribution in [0.2, 0.25) is 0 Å². The van der Waals surface area contributed by atoms with Crippen molar-refractivity contribution in [2.45, 2.75) is 25.4 Å². The molecule has 1 aromatic carbocycles. The van der Waals surface area contributed by atoms with Crippen LogP contribution in [0.25, 0.3) is 0 Å². The highest BCUT2D eigenvalue weighted by atomic mass is 19.1. The van der Waals surface area contributed by atoms with Crippen LogP contribution < -0.4 is 11.1 Å². The fourth-order valence-corrected chi connectivity index (χ4v) is 2.40. The molecule has 110 valence electrons. The van der Waals surface area contributed by atoms with Crippen molar-refractivity contribution in [3.63, 3.8) is 0 Å². The normalized spacial score (nSPS) is 15.7. The van der Waals surface area contributed by atoms with E-state index in [4.69, 9.17) is 5.73 Å². The lowest BCUT2D eigenvalue weighted by molar-refractivity contribution is -0.116. The van der Waals surface area contributed by atoms with Gasteiger partial charge in [-0.2, -0.15) is 0 Å². The van der Waals surface area contributed by atoms with Gasteiger partial charge in [-0.05, 0) is 42.5 Å². The molecule has 0 spiro atoms. The molecular weight excluding hydrogens is 269 g/mol. The van der Waals surface area contributed by atoms with Crippen LogP contribution >= 0.6 is 0 Å². The standard InChI is InChI=1S/C16H18FN3O/c17-13-3-1-2-4-14(13)19-15(21)10-20-8-7-12(9-20)16(18)11-5-6-11/h1-4,7-9,11,16H,5-6,10,18H2,(H,19,21). The van der Waals surface area contributed by atoms with Crippen molar-refractivity contribution < 1.29 is 9.18 Å². The molecule has 0 aliphatic heterocycles. The number of anilines is 1. The fraction of sp³-hybridized carbons (Fsp3) is 0.312. The minimum absolute atomic E-state index is 0.0564. The van der Waals surface area contributed by atoms with Crippen LogP contribution in [0, 0.1) is 11.7 Å². The Bertz CT molecular complexity index is 648. The summed E-state index contributed by atoms with van der Waals surface area (Å²) in [6.45, 7) is 0.145. The molecule has 1 heterocycles. The number of amides is 1. The quantitative estimate of drug-likeness (QED) is 0.888. The summed E-state index contributed by atoms with van der Waals surface area (Å²) in [4.78, 5) is 11.9. The second-order valence-corrected chi connectivity index (χ2v) is 5.51. The third-order valence-electron chi connectivity index (χ3n) is 3.76. The largest absolute Gasteiger partial charge is 0.345 e. The second-order valence-electron chi connectivity index (χ2n) is 5.51. The van der Waals surface area contributed by atoms with E-state index in [0.717, 1.165) is 5.56 Å².